The summed E-state index contributed by atoms with van der Waals surface area (Å²) in [5, 5.41) is 22.1. The van der Waals surface area contributed by atoms with Gasteiger partial charge in [0.05, 0.1) is 16.5 Å². The second-order valence-electron chi connectivity index (χ2n) is 8.99. The number of likely N-dealkylation sites (tertiary alicyclic amines) is 1. The van der Waals surface area contributed by atoms with Gasteiger partial charge in [-0.3, -0.25) is 24.7 Å². The Morgan fingerprint density at radius 3 is 2.25 bits per heavy atom. The number of Topliss-reactive ketones (excluding diaryl/α,β-unsaturated/α-hetero) is 1. The number of carbonyl (C=O) groups is 2. The average Bonchev–Trinajstić information content (AvgIpc) is 3.15. The maximum atomic E-state index is 13.1. The van der Waals surface area contributed by atoms with Crippen LogP contribution in [-0.4, -0.2) is 62.7 Å². The first-order valence-electron chi connectivity index (χ1n) is 12.5. The standard InChI is InChI=1S/C27H34N4O5/c1-3-5-15-29(16-6-4-2)17-8-18-30-24(21-9-7-14-28-19-21)23(26(33)27(30)34)25(32)20-10-12-22(13-11-20)31(35)36/h7,9-14,19,24,32H,3-6,8,15-18H2,1-2H3/t24-/m0/s1. The molecule has 1 aromatic carbocycles. The molecule has 1 aliphatic rings. The van der Waals surface area contributed by atoms with Crippen molar-refractivity contribution in [2.45, 2.75) is 52.0 Å². The molecule has 36 heavy (non-hydrogen) atoms. The third kappa shape index (κ3) is 6.34. The van der Waals surface area contributed by atoms with Crippen LogP contribution in [0.4, 0.5) is 5.69 Å². The molecule has 1 aliphatic heterocycles. The number of unbranched alkanes of at least 4 members (excludes halogenated alkanes) is 2. The van der Waals surface area contributed by atoms with E-state index in [1.807, 2.05) is 0 Å². The van der Waals surface area contributed by atoms with Gasteiger partial charge in [-0.1, -0.05) is 32.8 Å². The molecule has 1 amide bonds. The lowest BCUT2D eigenvalue weighted by Gasteiger charge is -2.27. The molecular formula is C27H34N4O5. The Hall–Kier alpha value is -3.59. The molecule has 0 bridgehead atoms. The molecule has 1 aromatic heterocycles. The monoisotopic (exact) mass is 494 g/mol. The van der Waals surface area contributed by atoms with Gasteiger partial charge in [0, 0.05) is 36.6 Å². The van der Waals surface area contributed by atoms with E-state index >= 15 is 0 Å². The fourth-order valence-corrected chi connectivity index (χ4v) is 4.45. The van der Waals surface area contributed by atoms with E-state index in [0.29, 0.717) is 18.5 Å². The predicted molar refractivity (Wildman–Crippen MR) is 137 cm³/mol. The Bertz CT molecular complexity index is 1080. The second kappa shape index (κ2) is 12.9. The molecular weight excluding hydrogens is 460 g/mol. The number of nitro groups is 1. The number of non-ortho nitro benzene ring substituents is 1. The number of nitrogens with zero attached hydrogens (tertiary/aromatic N) is 4. The summed E-state index contributed by atoms with van der Waals surface area (Å²) in [6.45, 7) is 7.50. The van der Waals surface area contributed by atoms with Crippen molar-refractivity contribution in [2.24, 2.45) is 0 Å². The van der Waals surface area contributed by atoms with Gasteiger partial charge in [-0.05, 0) is 62.7 Å². The highest BCUT2D eigenvalue weighted by molar-refractivity contribution is 6.46. The van der Waals surface area contributed by atoms with Gasteiger partial charge in [-0.15, -0.1) is 0 Å². The number of aromatic nitrogens is 1. The number of aliphatic hydroxyl groups excluding tert-OH is 1. The zero-order valence-corrected chi connectivity index (χ0v) is 20.9. The summed E-state index contributed by atoms with van der Waals surface area (Å²) in [6, 6.07) is 7.97. The lowest BCUT2D eigenvalue weighted by molar-refractivity contribution is -0.384. The third-order valence-corrected chi connectivity index (χ3v) is 6.42. The molecule has 3 rings (SSSR count). The minimum Gasteiger partial charge on any atom is -0.507 e. The van der Waals surface area contributed by atoms with Crippen molar-refractivity contribution in [2.75, 3.05) is 26.2 Å². The van der Waals surface area contributed by atoms with Gasteiger partial charge >= 0.3 is 0 Å². The van der Waals surface area contributed by atoms with Crippen molar-refractivity contribution in [3.63, 3.8) is 0 Å². The van der Waals surface area contributed by atoms with Crippen molar-refractivity contribution in [3.05, 3.63) is 75.6 Å². The minimum atomic E-state index is -0.784. The fourth-order valence-electron chi connectivity index (χ4n) is 4.45. The first-order chi connectivity index (χ1) is 17.4. The number of nitro benzene ring substituents is 1. The molecule has 0 radical (unpaired) electrons. The Balaban J connectivity index is 1.89. The molecule has 1 fully saturated rings. The summed E-state index contributed by atoms with van der Waals surface area (Å²) in [4.78, 5) is 44.7. The quantitative estimate of drug-likeness (QED) is 0.141. The van der Waals surface area contributed by atoms with Gasteiger partial charge in [0.15, 0.2) is 0 Å². The van der Waals surface area contributed by atoms with Crippen LogP contribution in [0.5, 0.6) is 0 Å². The van der Waals surface area contributed by atoms with Gasteiger partial charge < -0.3 is 14.9 Å². The van der Waals surface area contributed by atoms with Gasteiger partial charge in [-0.25, -0.2) is 0 Å². The Morgan fingerprint density at radius 2 is 1.69 bits per heavy atom. The SMILES string of the molecule is CCCCN(CCCC)CCCN1C(=O)C(=O)C(=C(O)c2ccc([N+](=O)[O-])cc2)[C@@H]1c1cccnc1. The number of hydrogen-bond donors (Lipinski definition) is 1. The topological polar surface area (TPSA) is 117 Å². The van der Waals surface area contributed by atoms with Crippen molar-refractivity contribution in [1.82, 2.24) is 14.8 Å². The molecule has 0 spiro atoms. The first-order valence-corrected chi connectivity index (χ1v) is 12.5. The lowest BCUT2D eigenvalue weighted by Crippen LogP contribution is -2.34. The molecule has 0 saturated carbocycles. The van der Waals surface area contributed by atoms with Crippen molar-refractivity contribution in [1.29, 1.82) is 0 Å². The van der Waals surface area contributed by atoms with Gasteiger partial charge in [-0.2, -0.15) is 0 Å². The van der Waals surface area contributed by atoms with Crippen molar-refractivity contribution < 1.29 is 19.6 Å². The Labute approximate surface area is 211 Å². The summed E-state index contributed by atoms with van der Waals surface area (Å²) in [7, 11) is 0. The number of amides is 1. The van der Waals surface area contributed by atoms with E-state index in [9.17, 15) is 24.8 Å². The van der Waals surface area contributed by atoms with Crippen LogP contribution >= 0.6 is 0 Å². The molecule has 192 valence electrons. The number of hydrogen-bond acceptors (Lipinski definition) is 7. The molecule has 0 unspecified atom stereocenters. The number of aliphatic hydroxyl groups is 1. The number of benzene rings is 1. The largest absolute Gasteiger partial charge is 0.507 e. The highest BCUT2D eigenvalue weighted by Gasteiger charge is 2.45. The Morgan fingerprint density at radius 1 is 1.06 bits per heavy atom. The highest BCUT2D eigenvalue weighted by Crippen LogP contribution is 2.39. The molecule has 9 nitrogen and oxygen atoms in total. The molecule has 1 atom stereocenters. The van der Waals surface area contributed by atoms with Gasteiger partial charge in [0.2, 0.25) is 0 Å². The second-order valence-corrected chi connectivity index (χ2v) is 8.99. The number of ketones is 1. The molecule has 9 heteroatoms. The molecule has 1 N–H and O–H groups in total. The van der Waals surface area contributed by atoms with E-state index in [-0.39, 0.29) is 22.6 Å². The summed E-state index contributed by atoms with van der Waals surface area (Å²) in [5.41, 5.74) is 0.689. The molecule has 2 aromatic rings. The predicted octanol–water partition coefficient (Wildman–Crippen LogP) is 4.70. The van der Waals surface area contributed by atoms with E-state index < -0.39 is 22.7 Å². The maximum Gasteiger partial charge on any atom is 0.295 e. The summed E-state index contributed by atoms with van der Waals surface area (Å²) in [5.74, 6) is -1.79. The maximum absolute atomic E-state index is 13.1. The number of rotatable bonds is 13. The lowest BCUT2D eigenvalue weighted by atomic mass is 9.96. The van der Waals surface area contributed by atoms with E-state index in [0.717, 1.165) is 45.3 Å². The molecule has 0 aliphatic carbocycles. The van der Waals surface area contributed by atoms with E-state index in [1.54, 1.807) is 24.5 Å². The Kier molecular flexibility index (Phi) is 9.69. The molecule has 2 heterocycles. The zero-order valence-electron chi connectivity index (χ0n) is 20.9. The van der Waals surface area contributed by atoms with Crippen molar-refractivity contribution in [3.8, 4) is 0 Å². The van der Waals surface area contributed by atoms with E-state index in [2.05, 4.69) is 23.7 Å². The van der Waals surface area contributed by atoms with E-state index in [4.69, 9.17) is 0 Å². The van der Waals surface area contributed by atoms with Crippen LogP contribution in [0.2, 0.25) is 0 Å². The molecule has 1 saturated heterocycles. The fraction of sp³-hybridized carbons (Fsp3) is 0.444. The summed E-state index contributed by atoms with van der Waals surface area (Å²) in [6.07, 6.45) is 8.32. The van der Waals surface area contributed by atoms with Crippen LogP contribution in [0.25, 0.3) is 5.76 Å². The third-order valence-electron chi connectivity index (χ3n) is 6.42. The minimum absolute atomic E-state index is 0.0318. The average molecular weight is 495 g/mol. The summed E-state index contributed by atoms with van der Waals surface area (Å²) >= 11 is 0. The number of pyridine rings is 1. The summed E-state index contributed by atoms with van der Waals surface area (Å²) < 4.78 is 0. The van der Waals surface area contributed by atoms with Crippen LogP contribution in [-0.2, 0) is 9.59 Å². The van der Waals surface area contributed by atoms with Gasteiger partial charge in [0.1, 0.15) is 5.76 Å². The zero-order chi connectivity index (χ0) is 26.1. The van der Waals surface area contributed by atoms with Crippen LogP contribution in [0, 0.1) is 10.1 Å². The normalized spacial score (nSPS) is 17.2. The number of carbonyl (C=O) groups excluding carboxylic acids is 2. The van der Waals surface area contributed by atoms with E-state index in [1.165, 1.54) is 29.2 Å². The van der Waals surface area contributed by atoms with Crippen LogP contribution < -0.4 is 0 Å². The highest BCUT2D eigenvalue weighted by atomic mass is 16.6. The van der Waals surface area contributed by atoms with Crippen molar-refractivity contribution >= 4 is 23.1 Å². The van der Waals surface area contributed by atoms with Gasteiger partial charge in [0.25, 0.3) is 17.4 Å². The smallest absolute Gasteiger partial charge is 0.295 e. The van der Waals surface area contributed by atoms with Crippen LogP contribution in [0.1, 0.15) is 63.1 Å². The van der Waals surface area contributed by atoms with Crippen LogP contribution in [0.3, 0.4) is 0 Å². The van der Waals surface area contributed by atoms with Crippen LogP contribution in [0.15, 0.2) is 54.4 Å². The first kappa shape index (κ1) is 27.0.